The zero-order valence-corrected chi connectivity index (χ0v) is 22.0. The van der Waals surface area contributed by atoms with Crippen LogP contribution in [0, 0.1) is 13.8 Å². The van der Waals surface area contributed by atoms with Crippen LogP contribution in [0.25, 0.3) is 21.9 Å². The fourth-order valence-electron chi connectivity index (χ4n) is 4.23. The molecular formula is C28H25N3O10. The average Bonchev–Trinajstić information content (AvgIpc) is 2.90. The SMILES string of the molecule is Cc1c(CC(=O)OC(=O)CC/C(=N/O)OC(=O)Cc2c(C)c3ccc(N)cc3oc2=O)c(=O)oc2cc(N)ccc12. The van der Waals surface area contributed by atoms with Crippen LogP contribution in [0.4, 0.5) is 11.4 Å². The second-order valence-electron chi connectivity index (χ2n) is 9.16. The highest BCUT2D eigenvalue weighted by atomic mass is 16.6. The molecule has 0 saturated heterocycles. The van der Waals surface area contributed by atoms with Gasteiger partial charge in [0.2, 0.25) is 5.90 Å². The summed E-state index contributed by atoms with van der Waals surface area (Å²) in [4.78, 5) is 61.8. The second kappa shape index (κ2) is 11.7. The van der Waals surface area contributed by atoms with Crippen LogP contribution in [0.15, 0.2) is 60.0 Å². The topological polar surface area (TPSA) is 215 Å². The lowest BCUT2D eigenvalue weighted by Crippen LogP contribution is -2.22. The number of rotatable bonds is 7. The van der Waals surface area contributed by atoms with Crippen molar-refractivity contribution in [1.29, 1.82) is 0 Å². The molecule has 0 aliphatic rings. The van der Waals surface area contributed by atoms with Crippen molar-refractivity contribution in [2.75, 3.05) is 11.5 Å². The number of oxime groups is 1. The first-order valence-electron chi connectivity index (χ1n) is 12.3. The van der Waals surface area contributed by atoms with Crippen LogP contribution in [-0.4, -0.2) is 29.0 Å². The Morgan fingerprint density at radius 2 is 1.22 bits per heavy atom. The molecule has 0 aliphatic carbocycles. The Balaban J connectivity index is 1.34. The highest BCUT2D eigenvalue weighted by Gasteiger charge is 2.21. The summed E-state index contributed by atoms with van der Waals surface area (Å²) >= 11 is 0. The van der Waals surface area contributed by atoms with Crippen molar-refractivity contribution in [3.8, 4) is 0 Å². The first kappa shape index (κ1) is 28.5. The van der Waals surface area contributed by atoms with Crippen LogP contribution in [0.1, 0.15) is 35.1 Å². The van der Waals surface area contributed by atoms with E-state index in [2.05, 4.69) is 5.16 Å². The van der Waals surface area contributed by atoms with Crippen LogP contribution in [0.5, 0.6) is 0 Å². The van der Waals surface area contributed by atoms with Crippen molar-refractivity contribution in [1.82, 2.24) is 0 Å². The van der Waals surface area contributed by atoms with Gasteiger partial charge >= 0.3 is 29.2 Å². The smallest absolute Gasteiger partial charge is 0.340 e. The van der Waals surface area contributed by atoms with Crippen LogP contribution < -0.4 is 22.7 Å². The summed E-state index contributed by atoms with van der Waals surface area (Å²) in [5.74, 6) is -3.53. The number of aryl methyl sites for hydroxylation is 2. The molecule has 2 aromatic carbocycles. The zero-order valence-electron chi connectivity index (χ0n) is 22.0. The number of benzene rings is 2. The van der Waals surface area contributed by atoms with E-state index in [1.54, 1.807) is 38.1 Å². The van der Waals surface area contributed by atoms with Crippen molar-refractivity contribution < 1.29 is 37.9 Å². The van der Waals surface area contributed by atoms with Crippen LogP contribution in [0.3, 0.4) is 0 Å². The van der Waals surface area contributed by atoms with Crippen molar-refractivity contribution in [3.63, 3.8) is 0 Å². The maximum Gasteiger partial charge on any atom is 0.340 e. The number of carbonyl (C=O) groups excluding carboxylic acids is 3. The molecule has 2 aromatic heterocycles. The third kappa shape index (κ3) is 6.41. The van der Waals surface area contributed by atoms with Gasteiger partial charge in [-0.3, -0.25) is 14.4 Å². The largest absolute Gasteiger partial charge is 0.422 e. The predicted molar refractivity (Wildman–Crippen MR) is 146 cm³/mol. The molecule has 0 fully saturated rings. The number of nitrogens with zero attached hydrogens (tertiary/aromatic N) is 1. The molecule has 0 unspecified atom stereocenters. The van der Waals surface area contributed by atoms with E-state index >= 15 is 0 Å². The van der Waals surface area contributed by atoms with Crippen molar-refractivity contribution in [2.45, 2.75) is 39.5 Å². The van der Waals surface area contributed by atoms with Crippen molar-refractivity contribution in [3.05, 3.63) is 79.5 Å². The number of ether oxygens (including phenoxy) is 2. The molecule has 5 N–H and O–H groups in total. The van der Waals surface area contributed by atoms with E-state index in [1.807, 2.05) is 0 Å². The molecule has 2 heterocycles. The van der Waals surface area contributed by atoms with E-state index in [1.165, 1.54) is 12.1 Å². The Bertz CT molecular complexity index is 1850. The number of esters is 3. The van der Waals surface area contributed by atoms with Crippen molar-refractivity contribution in [2.24, 2.45) is 5.16 Å². The van der Waals surface area contributed by atoms with Gasteiger partial charge in [0.05, 0.1) is 30.4 Å². The maximum atomic E-state index is 12.4. The van der Waals surface area contributed by atoms with Crippen LogP contribution >= 0.6 is 0 Å². The third-order valence-electron chi connectivity index (χ3n) is 6.38. The first-order valence-corrected chi connectivity index (χ1v) is 12.3. The van der Waals surface area contributed by atoms with E-state index in [0.717, 1.165) is 0 Å². The minimum atomic E-state index is -1.02. The van der Waals surface area contributed by atoms with Gasteiger partial charge in [0.15, 0.2) is 0 Å². The Morgan fingerprint density at radius 3 is 1.68 bits per heavy atom. The Kier molecular flexibility index (Phi) is 8.17. The third-order valence-corrected chi connectivity index (χ3v) is 6.38. The lowest BCUT2D eigenvalue weighted by atomic mass is 10.0. The molecule has 4 rings (SSSR count). The molecule has 13 nitrogen and oxygen atoms in total. The number of hydrogen-bond donors (Lipinski definition) is 3. The van der Waals surface area contributed by atoms with Gasteiger partial charge in [-0.2, -0.15) is 0 Å². The van der Waals surface area contributed by atoms with Gasteiger partial charge in [-0.25, -0.2) is 9.59 Å². The number of anilines is 2. The molecule has 4 aromatic rings. The summed E-state index contributed by atoms with van der Waals surface area (Å²) < 4.78 is 20.2. The molecule has 0 amide bonds. The summed E-state index contributed by atoms with van der Waals surface area (Å²) in [6, 6.07) is 9.49. The van der Waals surface area contributed by atoms with Gasteiger partial charge < -0.3 is 35.0 Å². The summed E-state index contributed by atoms with van der Waals surface area (Å²) in [5.41, 5.74) is 12.2. The zero-order chi connectivity index (χ0) is 29.8. The molecule has 0 saturated carbocycles. The molecule has 0 bridgehead atoms. The Morgan fingerprint density at radius 1 is 0.756 bits per heavy atom. The highest BCUT2D eigenvalue weighted by Crippen LogP contribution is 2.23. The molecule has 0 atom stereocenters. The van der Waals surface area contributed by atoms with Crippen LogP contribution in [-0.2, 0) is 36.7 Å². The Labute approximate surface area is 230 Å². The van der Waals surface area contributed by atoms with E-state index < -0.39 is 60.7 Å². The van der Waals surface area contributed by atoms with E-state index in [9.17, 15) is 29.2 Å². The number of hydrogen-bond acceptors (Lipinski definition) is 13. The number of carbonyl (C=O) groups is 3. The molecule has 212 valence electrons. The quantitative estimate of drug-likeness (QED) is 0.0432. The van der Waals surface area contributed by atoms with E-state index in [-0.39, 0.29) is 22.3 Å². The monoisotopic (exact) mass is 563 g/mol. The average molecular weight is 564 g/mol. The van der Waals surface area contributed by atoms with Gasteiger partial charge in [0.25, 0.3) is 0 Å². The first-order chi connectivity index (χ1) is 19.5. The summed E-state index contributed by atoms with van der Waals surface area (Å²) in [7, 11) is 0. The van der Waals surface area contributed by atoms with E-state index in [0.29, 0.717) is 33.3 Å². The maximum absolute atomic E-state index is 12.4. The fourth-order valence-corrected chi connectivity index (χ4v) is 4.23. The van der Waals surface area contributed by atoms with Gasteiger partial charge in [0, 0.05) is 40.7 Å². The molecule has 41 heavy (non-hydrogen) atoms. The number of nitrogens with two attached hydrogens (primary N) is 2. The molecule has 0 radical (unpaired) electrons. The Hall–Kier alpha value is -5.46. The number of fused-ring (bicyclic) bond motifs is 2. The predicted octanol–water partition coefficient (Wildman–Crippen LogP) is 2.65. The van der Waals surface area contributed by atoms with E-state index in [4.69, 9.17) is 29.8 Å². The minimum absolute atomic E-state index is 0.0172. The van der Waals surface area contributed by atoms with Crippen molar-refractivity contribution >= 4 is 57.1 Å². The standard InChI is InChI=1S/C28H25N3O10/c1-13-17-5-3-15(29)9-21(17)38-27(35)19(13)11-25(33)40-23(31-37)7-8-24(32)41-26(34)12-20-14(2)18-6-4-16(30)10-22(18)39-28(20)36/h3-6,9-10,37H,7-8,11-12,29-30H2,1-2H3/b31-23-. The highest BCUT2D eigenvalue weighted by molar-refractivity contribution is 5.94. The fraction of sp³-hybridized carbons (Fsp3) is 0.214. The van der Waals surface area contributed by atoms with Gasteiger partial charge in [-0.1, -0.05) is 5.16 Å². The number of nitrogen functional groups attached to an aromatic ring is 2. The molecule has 13 heteroatoms. The molecule has 0 spiro atoms. The molecule has 0 aliphatic heterocycles. The van der Waals surface area contributed by atoms with Gasteiger partial charge in [0.1, 0.15) is 11.2 Å². The van der Waals surface area contributed by atoms with Gasteiger partial charge in [-0.05, 0) is 49.2 Å². The lowest BCUT2D eigenvalue weighted by molar-refractivity contribution is -0.159. The minimum Gasteiger partial charge on any atom is -0.422 e. The summed E-state index contributed by atoms with van der Waals surface area (Å²) in [6.07, 6.45) is -1.94. The second-order valence-corrected chi connectivity index (χ2v) is 9.16. The normalized spacial score (nSPS) is 11.5. The summed E-state index contributed by atoms with van der Waals surface area (Å²) in [6.45, 7) is 3.25. The van der Waals surface area contributed by atoms with Crippen LogP contribution in [0.2, 0.25) is 0 Å². The van der Waals surface area contributed by atoms with Gasteiger partial charge in [-0.15, -0.1) is 0 Å². The summed E-state index contributed by atoms with van der Waals surface area (Å²) in [5, 5.41) is 13.2. The molecular weight excluding hydrogens is 538 g/mol. The lowest BCUT2D eigenvalue weighted by Gasteiger charge is -2.09.